The van der Waals surface area contributed by atoms with Crippen LogP contribution in [0, 0.1) is 12.7 Å². The van der Waals surface area contributed by atoms with Gasteiger partial charge in [-0.15, -0.1) is 11.3 Å². The van der Waals surface area contributed by atoms with Gasteiger partial charge in [-0.2, -0.15) is 0 Å². The average molecular weight is 384 g/mol. The molecular formula is C18H13FN4OS2. The molecule has 0 saturated heterocycles. The van der Waals surface area contributed by atoms with Crippen LogP contribution in [-0.2, 0) is 5.75 Å². The molecule has 8 heteroatoms. The average Bonchev–Trinajstić information content (AvgIpc) is 3.11. The van der Waals surface area contributed by atoms with Crippen molar-refractivity contribution in [2.45, 2.75) is 17.8 Å². The number of aryl methyl sites for hydroxylation is 1. The summed E-state index contributed by atoms with van der Waals surface area (Å²) in [4.78, 5) is 25.8. The smallest absolute Gasteiger partial charge is 0.267 e. The monoisotopic (exact) mass is 384 g/mol. The Morgan fingerprint density at radius 1 is 1.31 bits per heavy atom. The molecule has 0 saturated carbocycles. The first-order chi connectivity index (χ1) is 12.6. The molecule has 4 aromatic rings. The van der Waals surface area contributed by atoms with Crippen molar-refractivity contribution in [3.05, 3.63) is 75.5 Å². The number of rotatable bonds is 4. The van der Waals surface area contributed by atoms with Crippen molar-refractivity contribution in [3.63, 3.8) is 0 Å². The molecule has 0 amide bonds. The van der Waals surface area contributed by atoms with Crippen molar-refractivity contribution in [3.8, 4) is 5.69 Å². The fraction of sp³-hybridized carbons (Fsp3) is 0.111. The lowest BCUT2D eigenvalue weighted by atomic mass is 10.1. The molecule has 0 aliphatic rings. The van der Waals surface area contributed by atoms with E-state index in [2.05, 4.69) is 15.0 Å². The SMILES string of the molecule is Cc1cc(F)ccc1CSc1nc2ncsc2c(=O)n1-c1cccnc1. The van der Waals surface area contributed by atoms with E-state index in [1.807, 2.05) is 13.0 Å². The van der Waals surface area contributed by atoms with Crippen molar-refractivity contribution < 1.29 is 4.39 Å². The topological polar surface area (TPSA) is 60.7 Å². The van der Waals surface area contributed by atoms with E-state index in [-0.39, 0.29) is 11.4 Å². The number of thioether (sulfide) groups is 1. The first kappa shape index (κ1) is 16.9. The van der Waals surface area contributed by atoms with E-state index >= 15 is 0 Å². The maximum atomic E-state index is 13.3. The number of pyridine rings is 1. The molecule has 0 aliphatic heterocycles. The minimum Gasteiger partial charge on any atom is -0.267 e. The van der Waals surface area contributed by atoms with Gasteiger partial charge in [0.2, 0.25) is 0 Å². The summed E-state index contributed by atoms with van der Waals surface area (Å²) in [5.41, 5.74) is 4.40. The van der Waals surface area contributed by atoms with Gasteiger partial charge in [-0.1, -0.05) is 17.8 Å². The molecule has 5 nitrogen and oxygen atoms in total. The normalized spacial score (nSPS) is 11.2. The van der Waals surface area contributed by atoms with Crippen LogP contribution in [-0.4, -0.2) is 19.5 Å². The van der Waals surface area contributed by atoms with E-state index in [9.17, 15) is 9.18 Å². The van der Waals surface area contributed by atoms with Gasteiger partial charge in [0.15, 0.2) is 10.8 Å². The number of hydrogen-bond acceptors (Lipinski definition) is 6. The van der Waals surface area contributed by atoms with Crippen molar-refractivity contribution in [2.75, 3.05) is 0 Å². The summed E-state index contributed by atoms with van der Waals surface area (Å²) in [6, 6.07) is 8.29. The summed E-state index contributed by atoms with van der Waals surface area (Å²) in [5.74, 6) is 0.305. The third-order valence-corrected chi connectivity index (χ3v) is 5.70. The molecule has 0 radical (unpaired) electrons. The Morgan fingerprint density at radius 2 is 2.19 bits per heavy atom. The van der Waals surface area contributed by atoms with E-state index in [0.717, 1.165) is 11.1 Å². The highest BCUT2D eigenvalue weighted by Gasteiger charge is 2.15. The highest BCUT2D eigenvalue weighted by atomic mass is 32.2. The van der Waals surface area contributed by atoms with E-state index in [1.54, 1.807) is 34.6 Å². The molecule has 1 aromatic carbocycles. The number of halogens is 1. The summed E-state index contributed by atoms with van der Waals surface area (Å²) >= 11 is 2.69. The Hall–Kier alpha value is -2.58. The first-order valence-corrected chi connectivity index (χ1v) is 9.64. The van der Waals surface area contributed by atoms with Crippen molar-refractivity contribution >= 4 is 33.4 Å². The van der Waals surface area contributed by atoms with E-state index in [4.69, 9.17) is 0 Å². The lowest BCUT2D eigenvalue weighted by molar-refractivity contribution is 0.626. The number of thiazole rings is 1. The Labute approximate surface area is 156 Å². The minimum atomic E-state index is -0.259. The van der Waals surface area contributed by atoms with Crippen LogP contribution in [0.1, 0.15) is 11.1 Å². The Balaban J connectivity index is 1.79. The van der Waals surface area contributed by atoms with Crippen LogP contribution < -0.4 is 5.56 Å². The molecule has 26 heavy (non-hydrogen) atoms. The maximum absolute atomic E-state index is 13.3. The molecule has 0 aliphatic carbocycles. The highest BCUT2D eigenvalue weighted by molar-refractivity contribution is 7.98. The van der Waals surface area contributed by atoms with Gasteiger partial charge in [0.1, 0.15) is 10.5 Å². The van der Waals surface area contributed by atoms with Gasteiger partial charge < -0.3 is 0 Å². The zero-order valence-corrected chi connectivity index (χ0v) is 15.4. The van der Waals surface area contributed by atoms with Crippen LogP contribution in [0.25, 0.3) is 16.0 Å². The van der Waals surface area contributed by atoms with E-state index < -0.39 is 0 Å². The van der Waals surface area contributed by atoms with E-state index in [0.29, 0.717) is 26.9 Å². The highest BCUT2D eigenvalue weighted by Crippen LogP contribution is 2.26. The van der Waals surface area contributed by atoms with Crippen LogP contribution in [0.15, 0.2) is 58.2 Å². The second kappa shape index (κ2) is 6.97. The molecule has 0 fully saturated rings. The van der Waals surface area contributed by atoms with Gasteiger partial charge in [-0.25, -0.2) is 14.4 Å². The largest absolute Gasteiger partial charge is 0.278 e. The molecule has 3 heterocycles. The summed E-state index contributed by atoms with van der Waals surface area (Å²) in [6.45, 7) is 1.87. The lowest BCUT2D eigenvalue weighted by Crippen LogP contribution is -2.21. The molecule has 130 valence electrons. The predicted octanol–water partition coefficient (Wildman–Crippen LogP) is 3.98. The van der Waals surface area contributed by atoms with E-state index in [1.165, 1.54) is 35.2 Å². The number of aromatic nitrogens is 4. The molecule has 0 bridgehead atoms. The molecule has 0 atom stereocenters. The molecule has 0 N–H and O–H groups in total. The second-order valence-electron chi connectivity index (χ2n) is 5.61. The number of benzene rings is 1. The first-order valence-electron chi connectivity index (χ1n) is 7.78. The van der Waals surface area contributed by atoms with Crippen LogP contribution in [0.2, 0.25) is 0 Å². The molecular weight excluding hydrogens is 371 g/mol. The lowest BCUT2D eigenvalue weighted by Gasteiger charge is -2.12. The van der Waals surface area contributed by atoms with Gasteiger partial charge in [0, 0.05) is 11.9 Å². The third kappa shape index (κ3) is 3.13. The Morgan fingerprint density at radius 3 is 2.96 bits per heavy atom. The summed E-state index contributed by atoms with van der Waals surface area (Å²) < 4.78 is 15.4. The Bertz CT molecular complexity index is 1140. The fourth-order valence-electron chi connectivity index (χ4n) is 2.57. The van der Waals surface area contributed by atoms with Crippen molar-refractivity contribution in [2.24, 2.45) is 0 Å². The fourth-order valence-corrected chi connectivity index (χ4v) is 4.30. The standard InChI is InChI=1S/C18H13FN4OS2/c1-11-7-13(19)5-4-12(11)9-25-18-22-16-15(26-10-21-16)17(24)23(18)14-3-2-6-20-8-14/h2-8,10H,9H2,1H3. The van der Waals surface area contributed by atoms with Gasteiger partial charge in [0.25, 0.3) is 5.56 Å². The zero-order chi connectivity index (χ0) is 18.1. The van der Waals surface area contributed by atoms with Gasteiger partial charge in [-0.05, 0) is 42.3 Å². The molecule has 0 unspecified atom stereocenters. The van der Waals surface area contributed by atoms with Crippen LogP contribution in [0.3, 0.4) is 0 Å². The van der Waals surface area contributed by atoms with Crippen molar-refractivity contribution in [1.82, 2.24) is 19.5 Å². The summed E-state index contributed by atoms with van der Waals surface area (Å²) in [6.07, 6.45) is 3.28. The number of fused-ring (bicyclic) bond motifs is 1. The molecule has 0 spiro atoms. The summed E-state index contributed by atoms with van der Waals surface area (Å²) in [7, 11) is 0. The number of hydrogen-bond donors (Lipinski definition) is 0. The van der Waals surface area contributed by atoms with Gasteiger partial charge in [0.05, 0.1) is 17.4 Å². The molecule has 3 aromatic heterocycles. The molecule has 4 rings (SSSR count). The van der Waals surface area contributed by atoms with Crippen molar-refractivity contribution in [1.29, 1.82) is 0 Å². The van der Waals surface area contributed by atoms with Crippen LogP contribution in [0.5, 0.6) is 0 Å². The minimum absolute atomic E-state index is 0.163. The van der Waals surface area contributed by atoms with Gasteiger partial charge in [-0.3, -0.25) is 14.3 Å². The quantitative estimate of drug-likeness (QED) is 0.393. The third-order valence-electron chi connectivity index (χ3n) is 3.90. The van der Waals surface area contributed by atoms with Gasteiger partial charge >= 0.3 is 0 Å². The maximum Gasteiger partial charge on any atom is 0.278 e. The number of nitrogens with zero attached hydrogens (tertiary/aromatic N) is 4. The predicted molar refractivity (Wildman–Crippen MR) is 102 cm³/mol. The summed E-state index contributed by atoms with van der Waals surface area (Å²) in [5, 5.41) is 0.533. The zero-order valence-electron chi connectivity index (χ0n) is 13.7. The van der Waals surface area contributed by atoms with Crippen LogP contribution >= 0.6 is 23.1 Å². The second-order valence-corrected chi connectivity index (χ2v) is 7.41. The van der Waals surface area contributed by atoms with Crippen LogP contribution in [0.4, 0.5) is 4.39 Å². The Kier molecular flexibility index (Phi) is 4.52.